The van der Waals surface area contributed by atoms with E-state index in [2.05, 4.69) is 20.9 Å². The Morgan fingerprint density at radius 3 is 2.75 bits per heavy atom. The Morgan fingerprint density at radius 2 is 2.00 bits per heavy atom. The highest BCUT2D eigenvalue weighted by Crippen LogP contribution is 2.22. The Bertz CT molecular complexity index is 764. The molecule has 1 aromatic rings. The summed E-state index contributed by atoms with van der Waals surface area (Å²) in [5.41, 5.74) is 2.22. The van der Waals surface area contributed by atoms with E-state index >= 15 is 0 Å². The van der Waals surface area contributed by atoms with E-state index in [1.165, 1.54) is 0 Å². The van der Waals surface area contributed by atoms with Crippen molar-refractivity contribution in [3.8, 4) is 0 Å². The number of fused-ring (bicyclic) bond motifs is 1. The van der Waals surface area contributed by atoms with Crippen LogP contribution >= 0.6 is 0 Å². The van der Waals surface area contributed by atoms with E-state index in [4.69, 9.17) is 0 Å². The zero-order valence-corrected chi connectivity index (χ0v) is 16.7. The summed E-state index contributed by atoms with van der Waals surface area (Å²) < 4.78 is 0. The zero-order chi connectivity index (χ0) is 20.3. The molecule has 1 atom stereocenters. The molecule has 2 saturated heterocycles. The van der Waals surface area contributed by atoms with Gasteiger partial charge in [-0.2, -0.15) is 0 Å². The number of piperazine rings is 2. The minimum Gasteiger partial charge on any atom is -0.353 e. The first kappa shape index (κ1) is 20.1. The highest BCUT2D eigenvalue weighted by molar-refractivity contribution is 5.94. The smallest absolute Gasteiger partial charge is 0.321 e. The van der Waals surface area contributed by atoms with Gasteiger partial charge in [-0.15, -0.1) is 0 Å². The third kappa shape index (κ3) is 4.81. The maximum atomic E-state index is 12.8. The Labute approximate surface area is 165 Å². The largest absolute Gasteiger partial charge is 0.353 e. The molecule has 1 aromatic carbocycles. The second-order valence-electron chi connectivity index (χ2n) is 7.89. The van der Waals surface area contributed by atoms with Crippen LogP contribution < -0.4 is 16.0 Å². The lowest BCUT2D eigenvalue weighted by Crippen LogP contribution is -2.64. The maximum Gasteiger partial charge on any atom is 0.321 e. The Kier molecular flexibility index (Phi) is 6.18. The minimum atomic E-state index is -0.281. The van der Waals surface area contributed by atoms with E-state index in [0.717, 1.165) is 12.1 Å². The summed E-state index contributed by atoms with van der Waals surface area (Å²) in [5, 5.41) is 8.66. The van der Waals surface area contributed by atoms with Gasteiger partial charge in [0.25, 0.3) is 0 Å². The molecule has 0 saturated carbocycles. The highest BCUT2D eigenvalue weighted by Gasteiger charge is 2.36. The third-order valence-electron chi connectivity index (χ3n) is 5.14. The summed E-state index contributed by atoms with van der Waals surface area (Å²) in [6.45, 7) is 9.02. The number of benzene rings is 1. The summed E-state index contributed by atoms with van der Waals surface area (Å²) in [6, 6.07) is 4.96. The number of urea groups is 1. The number of anilines is 2. The van der Waals surface area contributed by atoms with Crippen LogP contribution in [0.2, 0.25) is 0 Å². The fourth-order valence-electron chi connectivity index (χ4n) is 3.57. The molecule has 2 aliphatic rings. The maximum absolute atomic E-state index is 12.8. The monoisotopic (exact) mass is 387 g/mol. The summed E-state index contributed by atoms with van der Waals surface area (Å²) in [6.07, 6.45) is 0.448. The van der Waals surface area contributed by atoms with Gasteiger partial charge in [-0.3, -0.25) is 14.5 Å². The van der Waals surface area contributed by atoms with Crippen LogP contribution in [0.1, 0.15) is 25.8 Å². The fraction of sp³-hybridized carbons (Fsp3) is 0.550. The van der Waals surface area contributed by atoms with E-state index in [1.54, 1.807) is 11.0 Å². The van der Waals surface area contributed by atoms with Crippen LogP contribution in [-0.4, -0.2) is 66.4 Å². The van der Waals surface area contributed by atoms with Gasteiger partial charge in [0.15, 0.2) is 0 Å². The van der Waals surface area contributed by atoms with Crippen molar-refractivity contribution in [1.82, 2.24) is 15.1 Å². The van der Waals surface area contributed by atoms with Gasteiger partial charge in [-0.25, -0.2) is 4.79 Å². The van der Waals surface area contributed by atoms with Gasteiger partial charge in [-0.05, 0) is 30.5 Å². The van der Waals surface area contributed by atoms with Crippen LogP contribution in [0.15, 0.2) is 18.2 Å². The first-order chi connectivity index (χ1) is 13.3. The molecule has 8 heteroatoms. The van der Waals surface area contributed by atoms with Crippen LogP contribution in [-0.2, 0) is 9.59 Å². The van der Waals surface area contributed by atoms with Crippen molar-refractivity contribution >= 4 is 29.2 Å². The fourth-order valence-corrected chi connectivity index (χ4v) is 3.57. The number of nitrogens with zero attached hydrogens (tertiary/aromatic N) is 2. The molecule has 152 valence electrons. The summed E-state index contributed by atoms with van der Waals surface area (Å²) in [7, 11) is 0. The lowest BCUT2D eigenvalue weighted by molar-refractivity contribution is -0.131. The first-order valence-electron chi connectivity index (χ1n) is 9.81. The Hall–Kier alpha value is -2.61. The molecule has 0 aliphatic carbocycles. The number of hydrogen-bond acceptors (Lipinski definition) is 4. The van der Waals surface area contributed by atoms with Crippen molar-refractivity contribution in [3.63, 3.8) is 0 Å². The standard InChI is InChI=1S/C20H29N5O3/c1-13(2)10-18(26)22-15-5-4-14(3)16(11-15)23-20(28)25-9-8-24-7-6-21-19(27)17(24)12-25/h4-5,11,13,17H,6-10,12H2,1-3H3,(H,21,27)(H,22,26)(H,23,28). The van der Waals surface area contributed by atoms with Gasteiger partial charge in [0.1, 0.15) is 6.04 Å². The van der Waals surface area contributed by atoms with Gasteiger partial charge in [0.2, 0.25) is 11.8 Å². The molecule has 4 amide bonds. The number of carbonyl (C=O) groups excluding carboxylic acids is 3. The number of hydrogen-bond donors (Lipinski definition) is 3. The molecule has 28 heavy (non-hydrogen) atoms. The molecular weight excluding hydrogens is 358 g/mol. The van der Waals surface area contributed by atoms with Gasteiger partial charge >= 0.3 is 6.03 Å². The molecule has 2 aliphatic heterocycles. The van der Waals surface area contributed by atoms with Crippen molar-refractivity contribution in [2.75, 3.05) is 43.4 Å². The van der Waals surface area contributed by atoms with Gasteiger partial charge in [0.05, 0.1) is 0 Å². The van der Waals surface area contributed by atoms with Crippen molar-refractivity contribution in [2.45, 2.75) is 33.2 Å². The van der Waals surface area contributed by atoms with Crippen LogP contribution in [0.4, 0.5) is 16.2 Å². The van der Waals surface area contributed by atoms with Gasteiger partial charge < -0.3 is 20.9 Å². The average molecular weight is 387 g/mol. The van der Waals surface area contributed by atoms with E-state index in [-0.39, 0.29) is 29.8 Å². The molecule has 0 bridgehead atoms. The number of amides is 4. The second kappa shape index (κ2) is 8.60. The molecule has 2 heterocycles. The van der Waals surface area contributed by atoms with Crippen LogP contribution in [0.3, 0.4) is 0 Å². The molecular formula is C20H29N5O3. The van der Waals surface area contributed by atoms with Crippen molar-refractivity contribution in [3.05, 3.63) is 23.8 Å². The lowest BCUT2D eigenvalue weighted by Gasteiger charge is -2.42. The number of aryl methyl sites for hydroxylation is 1. The van der Waals surface area contributed by atoms with E-state index in [9.17, 15) is 14.4 Å². The Balaban J connectivity index is 1.64. The van der Waals surface area contributed by atoms with Crippen molar-refractivity contribution < 1.29 is 14.4 Å². The van der Waals surface area contributed by atoms with E-state index < -0.39 is 0 Å². The molecule has 2 fully saturated rings. The SMILES string of the molecule is Cc1ccc(NC(=O)CC(C)C)cc1NC(=O)N1CCN2CCNC(=O)C2C1. The third-order valence-corrected chi connectivity index (χ3v) is 5.14. The molecule has 0 aromatic heterocycles. The molecule has 0 radical (unpaired) electrons. The van der Waals surface area contributed by atoms with Crippen molar-refractivity contribution in [1.29, 1.82) is 0 Å². The molecule has 0 spiro atoms. The summed E-state index contributed by atoms with van der Waals surface area (Å²) in [5.74, 6) is 0.214. The average Bonchev–Trinajstić information content (AvgIpc) is 2.64. The predicted molar refractivity (Wildman–Crippen MR) is 108 cm³/mol. The van der Waals surface area contributed by atoms with E-state index in [1.807, 2.05) is 32.9 Å². The number of nitrogens with one attached hydrogen (secondary N) is 3. The van der Waals surface area contributed by atoms with Crippen LogP contribution in [0.5, 0.6) is 0 Å². The topological polar surface area (TPSA) is 93.8 Å². The number of carbonyl (C=O) groups is 3. The second-order valence-corrected chi connectivity index (χ2v) is 7.89. The molecule has 8 nitrogen and oxygen atoms in total. The predicted octanol–water partition coefficient (Wildman–Crippen LogP) is 1.63. The normalized spacial score (nSPS) is 19.8. The molecule has 1 unspecified atom stereocenters. The highest BCUT2D eigenvalue weighted by atomic mass is 16.2. The minimum absolute atomic E-state index is 0.0187. The lowest BCUT2D eigenvalue weighted by atomic mass is 10.1. The van der Waals surface area contributed by atoms with Gasteiger partial charge in [-0.1, -0.05) is 19.9 Å². The number of rotatable bonds is 4. The Morgan fingerprint density at radius 1 is 1.21 bits per heavy atom. The summed E-state index contributed by atoms with van der Waals surface area (Å²) >= 11 is 0. The van der Waals surface area contributed by atoms with Crippen molar-refractivity contribution in [2.24, 2.45) is 5.92 Å². The first-order valence-corrected chi connectivity index (χ1v) is 9.81. The summed E-state index contributed by atoms with van der Waals surface area (Å²) in [4.78, 5) is 40.6. The van der Waals surface area contributed by atoms with E-state index in [0.29, 0.717) is 44.0 Å². The van der Waals surface area contributed by atoms with Crippen LogP contribution in [0.25, 0.3) is 0 Å². The molecule has 3 N–H and O–H groups in total. The van der Waals surface area contributed by atoms with Gasteiger partial charge in [0, 0.05) is 50.5 Å². The van der Waals surface area contributed by atoms with Crippen LogP contribution in [0, 0.1) is 12.8 Å². The molecule has 3 rings (SSSR count). The quantitative estimate of drug-likeness (QED) is 0.732. The zero-order valence-electron chi connectivity index (χ0n) is 16.7.